The van der Waals surface area contributed by atoms with Crippen LogP contribution < -0.4 is 4.90 Å². The second-order valence-corrected chi connectivity index (χ2v) is 6.13. The zero-order valence-electron chi connectivity index (χ0n) is 11.4. The van der Waals surface area contributed by atoms with Gasteiger partial charge in [-0.3, -0.25) is 9.69 Å². The van der Waals surface area contributed by atoms with E-state index in [9.17, 15) is 18.0 Å². The molecule has 0 unspecified atom stereocenters. The highest BCUT2D eigenvalue weighted by atomic mass is 32.2. The first-order valence-corrected chi connectivity index (χ1v) is 7.72. The van der Waals surface area contributed by atoms with Crippen LogP contribution >= 0.6 is 0 Å². The van der Waals surface area contributed by atoms with Gasteiger partial charge >= 0.3 is 12.1 Å². The predicted molar refractivity (Wildman–Crippen MR) is 76.1 cm³/mol. The summed E-state index contributed by atoms with van der Waals surface area (Å²) in [4.78, 5) is 23.6. The molecule has 0 aliphatic rings. The molecule has 8 heteroatoms. The number of aliphatic carboxylic acids is 1. The first-order chi connectivity index (χ1) is 9.75. The first kappa shape index (κ1) is 16.7. The molecule has 0 heterocycles. The van der Waals surface area contributed by atoms with Crippen LogP contribution in [0.15, 0.2) is 41.8 Å². The van der Waals surface area contributed by atoms with Crippen molar-refractivity contribution in [3.05, 3.63) is 36.9 Å². The fourth-order valence-corrected chi connectivity index (χ4v) is 2.11. The zero-order valence-corrected chi connectivity index (χ0v) is 12.2. The maximum absolute atomic E-state index is 11.8. The number of benzene rings is 1. The standard InChI is InChI=1S/C13H15NO6S/c1-3-8-20-13(17)14(9-12(15)16)10-4-6-11(7-5-10)21(2,18)19/h3-7H,1,8-9H2,2H3,(H,15,16). The molecule has 21 heavy (non-hydrogen) atoms. The van der Waals surface area contributed by atoms with Crippen molar-refractivity contribution in [2.24, 2.45) is 0 Å². The number of hydrogen-bond donors (Lipinski definition) is 1. The van der Waals surface area contributed by atoms with Crippen LogP contribution in [0.4, 0.5) is 10.5 Å². The molecule has 0 aliphatic carbocycles. The summed E-state index contributed by atoms with van der Waals surface area (Å²) in [5.41, 5.74) is 0.221. The van der Waals surface area contributed by atoms with E-state index in [-0.39, 0.29) is 17.2 Å². The van der Waals surface area contributed by atoms with Crippen molar-refractivity contribution in [1.82, 2.24) is 0 Å². The van der Waals surface area contributed by atoms with Crippen LogP contribution in [-0.4, -0.2) is 45.0 Å². The van der Waals surface area contributed by atoms with Gasteiger partial charge in [0, 0.05) is 11.9 Å². The van der Waals surface area contributed by atoms with E-state index in [0.717, 1.165) is 11.2 Å². The van der Waals surface area contributed by atoms with Crippen LogP contribution in [0.25, 0.3) is 0 Å². The highest BCUT2D eigenvalue weighted by Gasteiger charge is 2.20. The molecule has 0 radical (unpaired) electrons. The summed E-state index contributed by atoms with van der Waals surface area (Å²) in [6, 6.07) is 5.27. The fourth-order valence-electron chi connectivity index (χ4n) is 1.48. The maximum atomic E-state index is 11.8. The largest absolute Gasteiger partial charge is 0.480 e. The number of carbonyl (C=O) groups excluding carboxylic acids is 1. The number of anilines is 1. The number of carboxylic acids is 1. The molecule has 0 fully saturated rings. The third kappa shape index (κ3) is 4.92. The predicted octanol–water partition coefficient (Wildman–Crippen LogP) is 1.30. The lowest BCUT2D eigenvalue weighted by Gasteiger charge is -2.20. The molecule has 1 N–H and O–H groups in total. The number of amides is 1. The van der Waals surface area contributed by atoms with Crippen LogP contribution in [0.3, 0.4) is 0 Å². The number of rotatable bonds is 6. The first-order valence-electron chi connectivity index (χ1n) is 5.83. The van der Waals surface area contributed by atoms with Gasteiger partial charge in [0.2, 0.25) is 0 Å². The normalized spacial score (nSPS) is 10.7. The van der Waals surface area contributed by atoms with E-state index in [2.05, 4.69) is 6.58 Å². The molecule has 0 aliphatic heterocycles. The molecule has 0 saturated heterocycles. The molecule has 0 spiro atoms. The van der Waals surface area contributed by atoms with Crippen LogP contribution in [0, 0.1) is 0 Å². The summed E-state index contributed by atoms with van der Waals surface area (Å²) in [5, 5.41) is 8.84. The van der Waals surface area contributed by atoms with Gasteiger partial charge in [-0.2, -0.15) is 0 Å². The summed E-state index contributed by atoms with van der Waals surface area (Å²) in [5.74, 6) is -1.22. The van der Waals surface area contributed by atoms with Crippen LogP contribution in [-0.2, 0) is 19.4 Å². The molecular formula is C13H15NO6S. The Hall–Kier alpha value is -2.35. The van der Waals surface area contributed by atoms with Crippen LogP contribution in [0.5, 0.6) is 0 Å². The Morgan fingerprint density at radius 1 is 1.33 bits per heavy atom. The van der Waals surface area contributed by atoms with Crippen molar-refractivity contribution in [3.63, 3.8) is 0 Å². The van der Waals surface area contributed by atoms with Crippen LogP contribution in [0.2, 0.25) is 0 Å². The minimum atomic E-state index is -3.37. The molecule has 0 bridgehead atoms. The summed E-state index contributed by atoms with van der Waals surface area (Å²) in [6.07, 6.45) is 1.54. The third-order valence-electron chi connectivity index (χ3n) is 2.41. The van der Waals surface area contributed by atoms with Gasteiger partial charge in [0.05, 0.1) is 4.90 Å². The van der Waals surface area contributed by atoms with Crippen molar-refractivity contribution in [2.45, 2.75) is 4.90 Å². The third-order valence-corrected chi connectivity index (χ3v) is 3.54. The Morgan fingerprint density at radius 2 is 1.90 bits per heavy atom. The molecule has 1 amide bonds. The van der Waals surface area contributed by atoms with Crippen molar-refractivity contribution < 1.29 is 27.9 Å². The number of hydrogen-bond acceptors (Lipinski definition) is 5. The molecule has 114 valence electrons. The van der Waals surface area contributed by atoms with Crippen molar-refractivity contribution >= 4 is 27.6 Å². The smallest absolute Gasteiger partial charge is 0.415 e. The number of carboxylic acid groups (broad SMARTS) is 1. The minimum Gasteiger partial charge on any atom is -0.480 e. The van der Waals surface area contributed by atoms with Gasteiger partial charge in [0.25, 0.3) is 0 Å². The van der Waals surface area contributed by atoms with E-state index in [0.29, 0.717) is 0 Å². The molecule has 0 aromatic heterocycles. The Kier molecular flexibility index (Phi) is 5.48. The van der Waals surface area contributed by atoms with E-state index in [1.165, 1.54) is 30.3 Å². The lowest BCUT2D eigenvalue weighted by atomic mass is 10.3. The summed E-state index contributed by atoms with van der Waals surface area (Å²) < 4.78 is 27.5. The van der Waals surface area contributed by atoms with E-state index >= 15 is 0 Å². The zero-order chi connectivity index (χ0) is 16.0. The number of sulfone groups is 1. The monoisotopic (exact) mass is 313 g/mol. The molecule has 1 aromatic carbocycles. The molecule has 0 atom stereocenters. The molecular weight excluding hydrogens is 298 g/mol. The second kappa shape index (κ2) is 6.89. The number of carbonyl (C=O) groups is 2. The average molecular weight is 313 g/mol. The topological polar surface area (TPSA) is 101 Å². The highest BCUT2D eigenvalue weighted by Crippen LogP contribution is 2.18. The lowest BCUT2D eigenvalue weighted by molar-refractivity contribution is -0.135. The van der Waals surface area contributed by atoms with Crippen molar-refractivity contribution in [3.8, 4) is 0 Å². The van der Waals surface area contributed by atoms with E-state index in [1.807, 2.05) is 0 Å². The van der Waals surface area contributed by atoms with E-state index in [1.54, 1.807) is 0 Å². The van der Waals surface area contributed by atoms with E-state index < -0.39 is 28.4 Å². The summed E-state index contributed by atoms with van der Waals surface area (Å²) in [6.45, 7) is 2.72. The SMILES string of the molecule is C=CCOC(=O)N(CC(=O)O)c1ccc(S(C)(=O)=O)cc1. The highest BCUT2D eigenvalue weighted by molar-refractivity contribution is 7.90. The quantitative estimate of drug-likeness (QED) is 0.794. The van der Waals surface area contributed by atoms with Gasteiger partial charge < -0.3 is 9.84 Å². The average Bonchev–Trinajstić information content (AvgIpc) is 2.41. The summed E-state index contributed by atoms with van der Waals surface area (Å²) in [7, 11) is -3.37. The van der Waals surface area contributed by atoms with Crippen molar-refractivity contribution in [1.29, 1.82) is 0 Å². The number of nitrogens with zero attached hydrogens (tertiary/aromatic N) is 1. The summed E-state index contributed by atoms with van der Waals surface area (Å²) >= 11 is 0. The molecule has 1 rings (SSSR count). The Morgan fingerprint density at radius 3 is 2.33 bits per heavy atom. The Bertz CT molecular complexity index is 635. The Balaban J connectivity index is 3.05. The van der Waals surface area contributed by atoms with Gasteiger partial charge in [-0.1, -0.05) is 12.7 Å². The van der Waals surface area contributed by atoms with Gasteiger partial charge in [-0.05, 0) is 24.3 Å². The maximum Gasteiger partial charge on any atom is 0.415 e. The fraction of sp³-hybridized carbons (Fsp3) is 0.231. The van der Waals surface area contributed by atoms with Gasteiger partial charge in [-0.15, -0.1) is 0 Å². The minimum absolute atomic E-state index is 0.0592. The van der Waals surface area contributed by atoms with Crippen LogP contribution in [0.1, 0.15) is 0 Å². The second-order valence-electron chi connectivity index (χ2n) is 4.11. The van der Waals surface area contributed by atoms with Gasteiger partial charge in [-0.25, -0.2) is 13.2 Å². The molecule has 0 saturated carbocycles. The van der Waals surface area contributed by atoms with E-state index in [4.69, 9.17) is 9.84 Å². The van der Waals surface area contributed by atoms with Gasteiger partial charge in [0.15, 0.2) is 9.84 Å². The van der Waals surface area contributed by atoms with Crippen molar-refractivity contribution in [2.75, 3.05) is 24.3 Å². The number of ether oxygens (including phenoxy) is 1. The molecule has 1 aromatic rings. The molecule has 7 nitrogen and oxygen atoms in total. The lowest BCUT2D eigenvalue weighted by Crippen LogP contribution is -2.36. The van der Waals surface area contributed by atoms with Gasteiger partial charge in [0.1, 0.15) is 13.2 Å². The Labute approximate surface area is 122 Å².